The van der Waals surface area contributed by atoms with E-state index in [9.17, 15) is 10.2 Å². The number of hydrogen-bond acceptors (Lipinski definition) is 6. The second-order valence-corrected chi connectivity index (χ2v) is 10.7. The van der Waals surface area contributed by atoms with E-state index in [4.69, 9.17) is 32.7 Å². The summed E-state index contributed by atoms with van der Waals surface area (Å²) in [5.74, 6) is 3.62. The highest BCUT2D eigenvalue weighted by Gasteiger charge is 2.24. The third kappa shape index (κ3) is 7.67. The lowest BCUT2D eigenvalue weighted by molar-refractivity contribution is 0.0715. The molecule has 33 heavy (non-hydrogen) atoms. The zero-order chi connectivity index (χ0) is 23.8. The largest absolute Gasteiger partial charge is 0.491 e. The molecule has 0 amide bonds. The molecular formula is C25H33Cl2NO4S. The number of alkyl halides is 1. The Hall–Kier alpha value is -1.15. The van der Waals surface area contributed by atoms with Crippen LogP contribution >= 0.6 is 35.0 Å². The van der Waals surface area contributed by atoms with E-state index in [1.807, 2.05) is 54.2 Å². The fourth-order valence-corrected chi connectivity index (χ4v) is 5.00. The SMILES string of the molecule is CC(C)(c1ccc(OC[C@@H](O)CN2CCSCC2)cc1)c1ccc(OC[C@@H](O)CCl)c(Cl)c1. The Kier molecular flexibility index (Phi) is 10.0. The molecule has 1 heterocycles. The first-order chi connectivity index (χ1) is 15.8. The van der Waals surface area contributed by atoms with Crippen molar-refractivity contribution in [1.82, 2.24) is 4.90 Å². The zero-order valence-corrected chi connectivity index (χ0v) is 21.5. The van der Waals surface area contributed by atoms with Crippen LogP contribution in [0.2, 0.25) is 5.02 Å². The maximum Gasteiger partial charge on any atom is 0.138 e. The fraction of sp³-hybridized carbons (Fsp3) is 0.520. The van der Waals surface area contributed by atoms with Gasteiger partial charge in [-0.1, -0.05) is 43.6 Å². The molecule has 2 N–H and O–H groups in total. The van der Waals surface area contributed by atoms with Crippen LogP contribution in [0, 0.1) is 0 Å². The van der Waals surface area contributed by atoms with Crippen molar-refractivity contribution in [3.63, 3.8) is 0 Å². The highest BCUT2D eigenvalue weighted by Crippen LogP contribution is 2.36. The van der Waals surface area contributed by atoms with Gasteiger partial charge in [-0.2, -0.15) is 11.8 Å². The van der Waals surface area contributed by atoms with E-state index in [-0.39, 0.29) is 24.5 Å². The van der Waals surface area contributed by atoms with E-state index >= 15 is 0 Å². The molecule has 182 valence electrons. The lowest BCUT2D eigenvalue weighted by Crippen LogP contribution is -2.40. The Morgan fingerprint density at radius 2 is 1.61 bits per heavy atom. The summed E-state index contributed by atoms with van der Waals surface area (Å²) >= 11 is 14.0. The van der Waals surface area contributed by atoms with Crippen LogP contribution in [0.1, 0.15) is 25.0 Å². The molecule has 0 spiro atoms. The van der Waals surface area contributed by atoms with Crippen LogP contribution in [0.5, 0.6) is 11.5 Å². The van der Waals surface area contributed by atoms with Crippen molar-refractivity contribution < 1.29 is 19.7 Å². The molecule has 0 unspecified atom stereocenters. The van der Waals surface area contributed by atoms with Crippen molar-refractivity contribution in [3.05, 3.63) is 58.6 Å². The molecule has 1 aliphatic heterocycles. The summed E-state index contributed by atoms with van der Waals surface area (Å²) < 4.78 is 11.4. The maximum absolute atomic E-state index is 10.3. The normalized spacial score (nSPS) is 16.9. The molecule has 2 aromatic carbocycles. The van der Waals surface area contributed by atoms with Gasteiger partial charge in [0.15, 0.2) is 0 Å². The molecule has 1 fully saturated rings. The van der Waals surface area contributed by atoms with Crippen LogP contribution in [0.25, 0.3) is 0 Å². The van der Waals surface area contributed by atoms with Gasteiger partial charge in [0, 0.05) is 36.6 Å². The average molecular weight is 515 g/mol. The molecular weight excluding hydrogens is 481 g/mol. The van der Waals surface area contributed by atoms with Crippen molar-refractivity contribution in [2.45, 2.75) is 31.5 Å². The number of nitrogens with zero attached hydrogens (tertiary/aromatic N) is 1. The monoisotopic (exact) mass is 513 g/mol. The molecule has 5 nitrogen and oxygen atoms in total. The number of hydrogen-bond donors (Lipinski definition) is 2. The van der Waals surface area contributed by atoms with Crippen LogP contribution < -0.4 is 9.47 Å². The molecule has 2 aromatic rings. The quantitative estimate of drug-likeness (QED) is 0.433. The van der Waals surface area contributed by atoms with Gasteiger partial charge in [-0.05, 0) is 35.4 Å². The lowest BCUT2D eigenvalue weighted by atomic mass is 9.78. The number of β-amino-alcohol motifs (C(OH)–C–C–N with tert-alkyl or cyclic N) is 1. The molecule has 0 aromatic heterocycles. The van der Waals surface area contributed by atoms with Gasteiger partial charge in [0.1, 0.15) is 36.9 Å². The van der Waals surface area contributed by atoms with Crippen molar-refractivity contribution in [2.75, 3.05) is 50.2 Å². The minimum Gasteiger partial charge on any atom is -0.491 e. The van der Waals surface area contributed by atoms with E-state index in [0.29, 0.717) is 17.3 Å². The third-order valence-electron chi connectivity index (χ3n) is 5.85. The van der Waals surface area contributed by atoms with E-state index in [2.05, 4.69) is 18.7 Å². The second-order valence-electron chi connectivity index (χ2n) is 8.79. The number of aliphatic hydroxyl groups is 2. The smallest absolute Gasteiger partial charge is 0.138 e. The van der Waals surface area contributed by atoms with Gasteiger partial charge in [-0.15, -0.1) is 11.6 Å². The third-order valence-corrected chi connectivity index (χ3v) is 7.45. The Bertz CT molecular complexity index is 875. The van der Waals surface area contributed by atoms with E-state index in [1.54, 1.807) is 0 Å². The van der Waals surface area contributed by atoms with E-state index in [1.165, 1.54) is 0 Å². The van der Waals surface area contributed by atoms with Crippen LogP contribution in [0.4, 0.5) is 0 Å². The lowest BCUT2D eigenvalue weighted by Gasteiger charge is -2.28. The Morgan fingerprint density at radius 3 is 2.24 bits per heavy atom. The molecule has 0 saturated carbocycles. The number of benzene rings is 2. The molecule has 8 heteroatoms. The van der Waals surface area contributed by atoms with Gasteiger partial charge in [-0.3, -0.25) is 4.90 Å². The van der Waals surface area contributed by atoms with Gasteiger partial charge >= 0.3 is 0 Å². The van der Waals surface area contributed by atoms with Gasteiger partial charge in [0.2, 0.25) is 0 Å². The molecule has 3 rings (SSSR count). The highest BCUT2D eigenvalue weighted by molar-refractivity contribution is 7.99. The standard InChI is InChI=1S/C25H33Cl2NO4S/c1-25(2,19-5-8-24(23(27)13-19)32-16-20(29)14-26)18-3-6-22(7-4-18)31-17-21(30)15-28-9-11-33-12-10-28/h3-8,13,20-21,29-30H,9-12,14-17H2,1-2H3/t20-,21-/m0/s1. The zero-order valence-electron chi connectivity index (χ0n) is 19.2. The summed E-state index contributed by atoms with van der Waals surface area (Å²) in [5.41, 5.74) is 1.87. The molecule has 0 radical (unpaired) electrons. The maximum atomic E-state index is 10.3. The van der Waals surface area contributed by atoms with Gasteiger partial charge in [0.25, 0.3) is 0 Å². The fourth-order valence-electron chi connectivity index (χ4n) is 3.70. The Labute approximate surface area is 211 Å². The predicted octanol–water partition coefficient (Wildman–Crippen LogP) is 4.43. The van der Waals surface area contributed by atoms with Crippen LogP contribution in [0.15, 0.2) is 42.5 Å². The Balaban J connectivity index is 1.57. The molecule has 1 aliphatic rings. The minimum atomic E-state index is -0.732. The van der Waals surface area contributed by atoms with Crippen LogP contribution in [-0.4, -0.2) is 77.6 Å². The summed E-state index contributed by atoms with van der Waals surface area (Å²) in [6.07, 6.45) is -1.23. The van der Waals surface area contributed by atoms with Crippen LogP contribution in [-0.2, 0) is 5.41 Å². The minimum absolute atomic E-state index is 0.0964. The summed E-state index contributed by atoms with van der Waals surface area (Å²) in [6, 6.07) is 13.7. The number of aliphatic hydroxyl groups excluding tert-OH is 2. The topological polar surface area (TPSA) is 62.2 Å². The first-order valence-corrected chi connectivity index (χ1v) is 13.2. The van der Waals surface area contributed by atoms with Gasteiger partial charge < -0.3 is 19.7 Å². The van der Waals surface area contributed by atoms with Gasteiger partial charge in [-0.25, -0.2) is 0 Å². The number of halogens is 2. The first kappa shape index (κ1) is 26.5. The average Bonchev–Trinajstić information content (AvgIpc) is 2.82. The number of ether oxygens (including phenoxy) is 2. The summed E-state index contributed by atoms with van der Waals surface area (Å²) in [7, 11) is 0. The molecule has 0 bridgehead atoms. The van der Waals surface area contributed by atoms with E-state index < -0.39 is 12.2 Å². The van der Waals surface area contributed by atoms with E-state index in [0.717, 1.165) is 41.5 Å². The van der Waals surface area contributed by atoms with Crippen molar-refractivity contribution in [1.29, 1.82) is 0 Å². The number of thioether (sulfide) groups is 1. The summed E-state index contributed by atoms with van der Waals surface area (Å²) in [6.45, 7) is 7.34. The highest BCUT2D eigenvalue weighted by atomic mass is 35.5. The van der Waals surface area contributed by atoms with Crippen LogP contribution in [0.3, 0.4) is 0 Å². The van der Waals surface area contributed by atoms with Gasteiger partial charge in [0.05, 0.1) is 10.9 Å². The van der Waals surface area contributed by atoms with Crippen molar-refractivity contribution in [2.24, 2.45) is 0 Å². The molecule has 1 saturated heterocycles. The number of rotatable bonds is 11. The first-order valence-electron chi connectivity index (χ1n) is 11.2. The second kappa shape index (κ2) is 12.5. The summed E-state index contributed by atoms with van der Waals surface area (Å²) in [4.78, 5) is 2.29. The summed E-state index contributed by atoms with van der Waals surface area (Å²) in [5, 5.41) is 20.4. The molecule has 2 atom stereocenters. The Morgan fingerprint density at radius 1 is 0.970 bits per heavy atom. The molecule has 0 aliphatic carbocycles. The van der Waals surface area contributed by atoms with Crippen molar-refractivity contribution in [3.8, 4) is 11.5 Å². The van der Waals surface area contributed by atoms with Crippen molar-refractivity contribution >= 4 is 35.0 Å². The predicted molar refractivity (Wildman–Crippen MR) is 138 cm³/mol.